The first-order chi connectivity index (χ1) is 15.8. The summed E-state index contributed by atoms with van der Waals surface area (Å²) in [6.45, 7) is 4.92. The van der Waals surface area contributed by atoms with E-state index < -0.39 is 12.3 Å². The van der Waals surface area contributed by atoms with E-state index in [1.807, 2.05) is 6.92 Å². The summed E-state index contributed by atoms with van der Waals surface area (Å²) in [4.78, 5) is 16.0. The zero-order valence-corrected chi connectivity index (χ0v) is 19.1. The average Bonchev–Trinajstić information content (AvgIpc) is 2.79. The smallest absolute Gasteiger partial charge is 0.429 e. The maximum Gasteiger partial charge on any atom is 0.429 e. The first kappa shape index (κ1) is 26.5. The van der Waals surface area contributed by atoms with E-state index in [9.17, 15) is 18.0 Å². The second-order valence-corrected chi connectivity index (χ2v) is 7.23. The minimum Gasteiger partial charge on any atom is -0.493 e. The highest BCUT2D eigenvalue weighted by Crippen LogP contribution is 2.33. The van der Waals surface area contributed by atoms with Gasteiger partial charge in [0.1, 0.15) is 0 Å². The number of methoxy groups -OCH3 is 2. The summed E-state index contributed by atoms with van der Waals surface area (Å²) in [5.41, 5.74) is 0.917. The number of rotatable bonds is 13. The van der Waals surface area contributed by atoms with Crippen LogP contribution < -0.4 is 25.4 Å². The van der Waals surface area contributed by atoms with Crippen LogP contribution in [0.15, 0.2) is 28.8 Å². The highest BCUT2D eigenvalue weighted by molar-refractivity contribution is 5.98. The minimum atomic E-state index is -4.58. The molecule has 33 heavy (non-hydrogen) atoms. The molecule has 1 aliphatic rings. The van der Waals surface area contributed by atoms with Crippen molar-refractivity contribution in [3.63, 3.8) is 0 Å². The molecule has 1 heterocycles. The van der Waals surface area contributed by atoms with Crippen LogP contribution in [0.4, 0.5) is 13.2 Å². The Kier molecular flexibility index (Phi) is 10.5. The van der Waals surface area contributed by atoms with Crippen LogP contribution in [0.5, 0.6) is 11.5 Å². The molecule has 1 aromatic rings. The van der Waals surface area contributed by atoms with Crippen molar-refractivity contribution in [2.45, 2.75) is 32.1 Å². The molecular weight excluding hydrogens is 441 g/mol. The highest BCUT2D eigenvalue weighted by Gasteiger charge is 2.41. The number of carbonyl (C=O) groups is 1. The standard InChI is InChI=1S/C22H31F3N4O4/c1-4-10-33-11-9-26-7-8-27-19(30)13-16-14-28-21(22(23,24)25)29-20(16)15-5-6-17(31-2)18(12-15)32-3/h5-6,12,14,21,26,29H,4,7-11,13H2,1-3H3,(H,27,30). The third-order valence-electron chi connectivity index (χ3n) is 4.71. The first-order valence-corrected chi connectivity index (χ1v) is 10.7. The van der Waals surface area contributed by atoms with Crippen molar-refractivity contribution in [1.82, 2.24) is 16.0 Å². The predicted octanol–water partition coefficient (Wildman–Crippen LogP) is 2.50. The number of hydrogen-bond acceptors (Lipinski definition) is 7. The normalized spacial score (nSPS) is 15.9. The maximum atomic E-state index is 13.3. The van der Waals surface area contributed by atoms with E-state index in [-0.39, 0.29) is 18.0 Å². The molecule has 0 saturated carbocycles. The van der Waals surface area contributed by atoms with Crippen molar-refractivity contribution in [1.29, 1.82) is 0 Å². The number of ether oxygens (including phenoxy) is 3. The molecule has 1 atom stereocenters. The van der Waals surface area contributed by atoms with Gasteiger partial charge in [0.05, 0.1) is 27.2 Å². The average molecular weight is 473 g/mol. The number of amides is 1. The number of carbonyl (C=O) groups excluding carboxylic acids is 1. The number of nitrogens with one attached hydrogen (secondary N) is 3. The lowest BCUT2D eigenvalue weighted by Gasteiger charge is -2.26. The molecule has 0 fully saturated rings. The SMILES string of the molecule is CCCOCCNCCNC(=O)CC1=C(c2ccc(OC)c(OC)c2)NC(C(F)(F)F)N=C1. The van der Waals surface area contributed by atoms with E-state index in [2.05, 4.69) is 20.9 Å². The van der Waals surface area contributed by atoms with Crippen LogP contribution in [0, 0.1) is 0 Å². The molecule has 0 radical (unpaired) electrons. The van der Waals surface area contributed by atoms with Crippen molar-refractivity contribution in [2.75, 3.05) is 47.1 Å². The molecular formula is C22H31F3N4O4. The Balaban J connectivity index is 2.07. The van der Waals surface area contributed by atoms with Gasteiger partial charge in [-0.15, -0.1) is 0 Å². The molecule has 1 amide bonds. The van der Waals surface area contributed by atoms with Gasteiger partial charge in [0.15, 0.2) is 11.5 Å². The topological polar surface area (TPSA) is 93.2 Å². The Hall–Kier alpha value is -2.79. The lowest BCUT2D eigenvalue weighted by Crippen LogP contribution is -2.42. The van der Waals surface area contributed by atoms with E-state index >= 15 is 0 Å². The molecule has 0 aromatic heterocycles. The Bertz CT molecular complexity index is 843. The van der Waals surface area contributed by atoms with Gasteiger partial charge in [0.2, 0.25) is 12.1 Å². The van der Waals surface area contributed by atoms with Gasteiger partial charge in [-0.2, -0.15) is 13.2 Å². The summed E-state index contributed by atoms with van der Waals surface area (Å²) in [5.74, 6) is 0.462. The largest absolute Gasteiger partial charge is 0.493 e. The zero-order chi connectivity index (χ0) is 24.3. The summed E-state index contributed by atoms with van der Waals surface area (Å²) in [6.07, 6.45) is -4.77. The van der Waals surface area contributed by atoms with E-state index in [1.54, 1.807) is 18.2 Å². The van der Waals surface area contributed by atoms with Gasteiger partial charge in [0.25, 0.3) is 0 Å². The fraction of sp³-hybridized carbons (Fsp3) is 0.545. The van der Waals surface area contributed by atoms with Crippen LogP contribution in [0.1, 0.15) is 25.3 Å². The van der Waals surface area contributed by atoms with Crippen LogP contribution in [-0.2, 0) is 9.53 Å². The Morgan fingerprint density at radius 1 is 1.12 bits per heavy atom. The van der Waals surface area contributed by atoms with Crippen molar-refractivity contribution >= 4 is 17.8 Å². The van der Waals surface area contributed by atoms with E-state index in [0.29, 0.717) is 55.5 Å². The van der Waals surface area contributed by atoms with Gasteiger partial charge in [0, 0.05) is 49.3 Å². The maximum absolute atomic E-state index is 13.3. The third kappa shape index (κ3) is 8.25. The second kappa shape index (κ2) is 13.0. The monoisotopic (exact) mass is 472 g/mol. The number of aliphatic imine (C=N–C) groups is 1. The highest BCUT2D eigenvalue weighted by atomic mass is 19.4. The number of nitrogens with zero attached hydrogens (tertiary/aromatic N) is 1. The van der Waals surface area contributed by atoms with Gasteiger partial charge >= 0.3 is 6.18 Å². The summed E-state index contributed by atoms with van der Waals surface area (Å²) in [5, 5.41) is 8.30. The molecule has 8 nitrogen and oxygen atoms in total. The molecule has 1 aromatic carbocycles. The van der Waals surface area contributed by atoms with E-state index in [4.69, 9.17) is 14.2 Å². The molecule has 2 rings (SSSR count). The molecule has 3 N–H and O–H groups in total. The molecule has 0 aliphatic carbocycles. The summed E-state index contributed by atoms with van der Waals surface area (Å²) < 4.78 is 55.7. The van der Waals surface area contributed by atoms with E-state index in [1.165, 1.54) is 14.2 Å². The van der Waals surface area contributed by atoms with Crippen LogP contribution >= 0.6 is 0 Å². The summed E-state index contributed by atoms with van der Waals surface area (Å²) >= 11 is 0. The zero-order valence-electron chi connectivity index (χ0n) is 19.1. The Morgan fingerprint density at radius 2 is 1.88 bits per heavy atom. The van der Waals surface area contributed by atoms with Crippen LogP contribution in [0.25, 0.3) is 5.70 Å². The molecule has 0 spiro atoms. The molecule has 1 unspecified atom stereocenters. The quantitative estimate of drug-likeness (QED) is 0.382. The fourth-order valence-electron chi connectivity index (χ4n) is 3.10. The third-order valence-corrected chi connectivity index (χ3v) is 4.71. The van der Waals surface area contributed by atoms with Crippen molar-refractivity contribution in [3.05, 3.63) is 29.3 Å². The lowest BCUT2D eigenvalue weighted by molar-refractivity contribution is -0.150. The summed E-state index contributed by atoms with van der Waals surface area (Å²) in [6, 6.07) is 4.74. The van der Waals surface area contributed by atoms with Crippen LogP contribution in [-0.4, -0.2) is 71.5 Å². The first-order valence-electron chi connectivity index (χ1n) is 10.7. The molecule has 184 valence electrons. The van der Waals surface area contributed by atoms with Gasteiger partial charge in [-0.3, -0.25) is 9.79 Å². The number of hydrogen-bond donors (Lipinski definition) is 3. The van der Waals surface area contributed by atoms with Crippen molar-refractivity contribution < 1.29 is 32.2 Å². The Labute approximate surface area is 191 Å². The molecule has 1 aliphatic heterocycles. The number of halogens is 3. The minimum absolute atomic E-state index is 0.135. The van der Waals surface area contributed by atoms with Crippen molar-refractivity contribution in [2.24, 2.45) is 4.99 Å². The second-order valence-electron chi connectivity index (χ2n) is 7.23. The molecule has 0 saturated heterocycles. The summed E-state index contributed by atoms with van der Waals surface area (Å²) in [7, 11) is 2.90. The fourth-order valence-corrected chi connectivity index (χ4v) is 3.10. The van der Waals surface area contributed by atoms with Gasteiger partial charge in [-0.1, -0.05) is 6.92 Å². The van der Waals surface area contributed by atoms with E-state index in [0.717, 1.165) is 12.6 Å². The number of alkyl halides is 3. The van der Waals surface area contributed by atoms with Crippen LogP contribution in [0.2, 0.25) is 0 Å². The number of benzene rings is 1. The predicted molar refractivity (Wildman–Crippen MR) is 120 cm³/mol. The van der Waals surface area contributed by atoms with Crippen LogP contribution in [0.3, 0.4) is 0 Å². The van der Waals surface area contributed by atoms with Gasteiger partial charge in [-0.25, -0.2) is 0 Å². The molecule has 0 bridgehead atoms. The molecule has 11 heteroatoms. The van der Waals surface area contributed by atoms with Gasteiger partial charge in [-0.05, 0) is 24.6 Å². The Morgan fingerprint density at radius 3 is 2.55 bits per heavy atom. The van der Waals surface area contributed by atoms with Gasteiger partial charge < -0.3 is 30.2 Å². The lowest BCUT2D eigenvalue weighted by atomic mass is 10.0. The van der Waals surface area contributed by atoms with Crippen molar-refractivity contribution in [3.8, 4) is 11.5 Å².